The van der Waals surface area contributed by atoms with Crippen LogP contribution in [-0.4, -0.2) is 10.8 Å². The van der Waals surface area contributed by atoms with Crippen LogP contribution >= 0.6 is 0 Å². The summed E-state index contributed by atoms with van der Waals surface area (Å²) in [4.78, 5) is 4.28. The second-order valence-corrected chi connectivity index (χ2v) is 4.58. The van der Waals surface area contributed by atoms with Gasteiger partial charge in [0.15, 0.2) is 0 Å². The molecule has 0 fully saturated rings. The van der Waals surface area contributed by atoms with Crippen LogP contribution in [0.15, 0.2) is 59.6 Å². The van der Waals surface area contributed by atoms with Gasteiger partial charge in [0.25, 0.3) is 0 Å². The van der Waals surface area contributed by atoms with E-state index < -0.39 is 0 Å². The van der Waals surface area contributed by atoms with E-state index in [0.29, 0.717) is 0 Å². The van der Waals surface area contributed by atoms with Gasteiger partial charge in [0.2, 0.25) is 0 Å². The molecule has 3 aromatic rings. The zero-order valence-corrected chi connectivity index (χ0v) is 13.2. The number of aromatic nitrogens is 1. The van der Waals surface area contributed by atoms with E-state index in [1.54, 1.807) is 0 Å². The molecule has 0 unspecified atom stereocenters. The largest absolute Gasteiger partial charge is 0.314 e. The number of para-hydroxylation sites is 1. The van der Waals surface area contributed by atoms with Crippen molar-refractivity contribution in [1.29, 1.82) is 0 Å². The van der Waals surface area contributed by atoms with E-state index in [1.807, 2.05) is 39.1 Å². The van der Waals surface area contributed by atoms with Crippen LogP contribution in [-0.2, 0) is 0 Å². The van der Waals surface area contributed by atoms with Gasteiger partial charge in [-0.25, -0.2) is 0 Å². The normalized spacial score (nSPS) is 10.7. The number of aryl methyl sites for hydroxylation is 1. The van der Waals surface area contributed by atoms with Crippen molar-refractivity contribution in [2.24, 2.45) is 4.99 Å². The maximum absolute atomic E-state index is 4.28. The van der Waals surface area contributed by atoms with Gasteiger partial charge in [-0.2, -0.15) is 0 Å². The Balaban J connectivity index is 0.000000774. The van der Waals surface area contributed by atoms with Crippen LogP contribution in [0.1, 0.15) is 26.5 Å². The monoisotopic (exact) mass is 278 g/mol. The predicted molar refractivity (Wildman–Crippen MR) is 93.2 cm³/mol. The van der Waals surface area contributed by atoms with Crippen molar-refractivity contribution in [2.75, 3.05) is 0 Å². The predicted octanol–water partition coefficient (Wildman–Crippen LogP) is 5.69. The van der Waals surface area contributed by atoms with Crippen LogP contribution in [0, 0.1) is 6.92 Å². The van der Waals surface area contributed by atoms with E-state index in [1.165, 1.54) is 22.3 Å². The minimum atomic E-state index is 0.986. The third-order valence-electron chi connectivity index (χ3n) is 3.28. The lowest BCUT2D eigenvalue weighted by Gasteiger charge is -2.08. The average molecular weight is 278 g/mol. The van der Waals surface area contributed by atoms with Gasteiger partial charge in [-0.05, 0) is 50.2 Å². The van der Waals surface area contributed by atoms with Crippen molar-refractivity contribution >= 4 is 22.8 Å². The van der Waals surface area contributed by atoms with Gasteiger partial charge >= 0.3 is 0 Å². The molecule has 21 heavy (non-hydrogen) atoms. The van der Waals surface area contributed by atoms with Gasteiger partial charge in [-0.15, -0.1) is 0 Å². The molecule has 2 heteroatoms. The Morgan fingerprint density at radius 2 is 1.62 bits per heavy atom. The molecule has 0 aliphatic heterocycles. The highest BCUT2D eigenvalue weighted by Gasteiger charge is 2.06. The highest BCUT2D eigenvalue weighted by molar-refractivity contribution is 5.83. The van der Waals surface area contributed by atoms with E-state index in [2.05, 4.69) is 58.9 Å². The first kappa shape index (κ1) is 15.0. The lowest BCUT2D eigenvalue weighted by molar-refractivity contribution is 1.05. The first-order valence-corrected chi connectivity index (χ1v) is 7.46. The SMILES string of the molecule is CC.CC=Nc1ccc(-n2c(C)cc3ccccc32)cc1. The molecule has 0 radical (unpaired) electrons. The molecule has 2 nitrogen and oxygen atoms in total. The van der Waals surface area contributed by atoms with Crippen LogP contribution in [0.3, 0.4) is 0 Å². The molecule has 3 rings (SSSR count). The molecular formula is C19H22N2. The summed E-state index contributed by atoms with van der Waals surface area (Å²) < 4.78 is 2.27. The van der Waals surface area contributed by atoms with Gasteiger partial charge in [0.1, 0.15) is 0 Å². The molecule has 0 aliphatic rings. The van der Waals surface area contributed by atoms with Crippen LogP contribution < -0.4 is 0 Å². The van der Waals surface area contributed by atoms with E-state index in [9.17, 15) is 0 Å². The summed E-state index contributed by atoms with van der Waals surface area (Å²) in [5, 5.41) is 1.27. The highest BCUT2D eigenvalue weighted by atomic mass is 15.0. The van der Waals surface area contributed by atoms with E-state index >= 15 is 0 Å². The molecule has 0 aliphatic carbocycles. The summed E-state index contributed by atoms with van der Waals surface area (Å²) in [5.41, 5.74) is 4.65. The number of rotatable bonds is 2. The van der Waals surface area contributed by atoms with Crippen LogP contribution in [0.5, 0.6) is 0 Å². The fraction of sp³-hybridized carbons (Fsp3) is 0.211. The summed E-state index contributed by atoms with van der Waals surface area (Å²) in [7, 11) is 0. The minimum Gasteiger partial charge on any atom is -0.314 e. The lowest BCUT2D eigenvalue weighted by atomic mass is 10.2. The number of aliphatic imine (C=N–C) groups is 1. The van der Waals surface area contributed by atoms with Gasteiger partial charge in [-0.1, -0.05) is 32.0 Å². The third-order valence-corrected chi connectivity index (χ3v) is 3.28. The summed E-state index contributed by atoms with van der Waals surface area (Å²) in [6.07, 6.45) is 1.81. The zero-order chi connectivity index (χ0) is 15.2. The molecule has 2 aromatic carbocycles. The molecular weight excluding hydrogens is 256 g/mol. The van der Waals surface area contributed by atoms with Gasteiger partial charge in [0.05, 0.1) is 11.2 Å². The van der Waals surface area contributed by atoms with Gasteiger partial charge in [-0.3, -0.25) is 4.99 Å². The first-order valence-electron chi connectivity index (χ1n) is 7.46. The fourth-order valence-electron chi connectivity index (χ4n) is 2.47. The van der Waals surface area contributed by atoms with Crippen molar-refractivity contribution in [3.63, 3.8) is 0 Å². The summed E-state index contributed by atoms with van der Waals surface area (Å²) >= 11 is 0. The van der Waals surface area contributed by atoms with Crippen molar-refractivity contribution in [3.8, 4) is 5.69 Å². The number of hydrogen-bond acceptors (Lipinski definition) is 1. The van der Waals surface area contributed by atoms with Crippen molar-refractivity contribution in [2.45, 2.75) is 27.7 Å². The summed E-state index contributed by atoms with van der Waals surface area (Å²) in [5.74, 6) is 0. The summed E-state index contributed by atoms with van der Waals surface area (Å²) in [6, 6.07) is 19.0. The Bertz CT molecular complexity index is 734. The zero-order valence-electron chi connectivity index (χ0n) is 13.2. The smallest absolute Gasteiger partial charge is 0.0627 e. The fourth-order valence-corrected chi connectivity index (χ4v) is 2.47. The van der Waals surface area contributed by atoms with E-state index in [0.717, 1.165) is 5.69 Å². The maximum Gasteiger partial charge on any atom is 0.0627 e. The number of nitrogens with zero attached hydrogens (tertiary/aromatic N) is 2. The Labute approximate surface area is 126 Å². The molecule has 108 valence electrons. The second kappa shape index (κ2) is 6.89. The first-order chi connectivity index (χ1) is 10.3. The van der Waals surface area contributed by atoms with Crippen LogP contribution in [0.25, 0.3) is 16.6 Å². The molecule has 1 aromatic heterocycles. The number of hydrogen-bond donors (Lipinski definition) is 0. The van der Waals surface area contributed by atoms with Crippen molar-refractivity contribution in [3.05, 3.63) is 60.3 Å². The number of fused-ring (bicyclic) bond motifs is 1. The van der Waals surface area contributed by atoms with Gasteiger partial charge < -0.3 is 4.57 Å². The molecule has 0 saturated carbocycles. The van der Waals surface area contributed by atoms with Crippen molar-refractivity contribution in [1.82, 2.24) is 4.57 Å². The van der Waals surface area contributed by atoms with E-state index in [-0.39, 0.29) is 0 Å². The van der Waals surface area contributed by atoms with Gasteiger partial charge in [0, 0.05) is 23.0 Å². The molecule has 1 heterocycles. The number of benzene rings is 2. The van der Waals surface area contributed by atoms with Crippen LogP contribution in [0.2, 0.25) is 0 Å². The molecule has 0 saturated heterocycles. The highest BCUT2D eigenvalue weighted by Crippen LogP contribution is 2.25. The molecule has 0 atom stereocenters. The van der Waals surface area contributed by atoms with E-state index in [4.69, 9.17) is 0 Å². The maximum atomic E-state index is 4.28. The average Bonchev–Trinajstić information content (AvgIpc) is 2.86. The minimum absolute atomic E-state index is 0.986. The molecule has 0 N–H and O–H groups in total. The summed E-state index contributed by atoms with van der Waals surface area (Å²) in [6.45, 7) is 8.07. The Hall–Kier alpha value is -2.35. The molecule has 0 bridgehead atoms. The Morgan fingerprint density at radius 3 is 2.29 bits per heavy atom. The quantitative estimate of drug-likeness (QED) is 0.536. The molecule has 0 spiro atoms. The van der Waals surface area contributed by atoms with Crippen molar-refractivity contribution < 1.29 is 0 Å². The molecule has 0 amide bonds. The Morgan fingerprint density at radius 1 is 0.952 bits per heavy atom. The lowest BCUT2D eigenvalue weighted by Crippen LogP contribution is -1.95. The third kappa shape index (κ3) is 3.05. The second-order valence-electron chi connectivity index (χ2n) is 4.58. The Kier molecular flexibility index (Phi) is 4.94. The topological polar surface area (TPSA) is 17.3 Å². The standard InChI is InChI=1S/C17H16N2.C2H6/c1-3-18-15-8-10-16(11-9-15)19-13(2)12-14-6-4-5-7-17(14)19;1-2/h3-12H,1-2H3;1-2H3. The van der Waals surface area contributed by atoms with Crippen LogP contribution in [0.4, 0.5) is 5.69 Å².